The quantitative estimate of drug-likeness (QED) is 0.188. The van der Waals surface area contributed by atoms with Crippen LogP contribution in [-0.4, -0.2) is 55.9 Å². The van der Waals surface area contributed by atoms with Crippen LogP contribution in [-0.2, 0) is 32.2 Å². The highest BCUT2D eigenvalue weighted by atomic mass is 35.6. The molecule has 2 heterocycles. The molecule has 0 spiro atoms. The predicted molar refractivity (Wildman–Crippen MR) is 210 cm³/mol. The number of nitrogens with one attached hydrogen (secondary N) is 2. The Kier molecular flexibility index (Phi) is 12.8. The lowest BCUT2D eigenvalue weighted by molar-refractivity contribution is -0.278. The van der Waals surface area contributed by atoms with E-state index in [-0.39, 0.29) is 48.8 Å². The molecule has 3 fully saturated rings. The molecular formula is C42H52Cl3N3O5. The van der Waals surface area contributed by atoms with Gasteiger partial charge in [0, 0.05) is 36.2 Å². The molecule has 2 amide bonds. The minimum Gasteiger partial charge on any atom is -0.392 e. The molecule has 0 bridgehead atoms. The summed E-state index contributed by atoms with van der Waals surface area (Å²) in [5, 5.41) is 15.7. The third-order valence-electron chi connectivity index (χ3n) is 11.0. The molecule has 0 unspecified atom stereocenters. The van der Waals surface area contributed by atoms with Crippen LogP contribution in [0.5, 0.6) is 0 Å². The summed E-state index contributed by atoms with van der Waals surface area (Å²) >= 11 is 17.3. The van der Waals surface area contributed by atoms with Gasteiger partial charge >= 0.3 is 0 Å². The molecule has 11 heteroatoms. The lowest BCUT2D eigenvalue weighted by Gasteiger charge is -2.51. The lowest BCUT2D eigenvalue weighted by atomic mass is 9.75. The Balaban J connectivity index is 1.29. The lowest BCUT2D eigenvalue weighted by Crippen LogP contribution is -2.61. The average molecular weight is 785 g/mol. The van der Waals surface area contributed by atoms with Crippen molar-refractivity contribution >= 4 is 46.6 Å². The second-order valence-electron chi connectivity index (χ2n) is 15.9. The van der Waals surface area contributed by atoms with Crippen LogP contribution in [0.25, 0.3) is 11.1 Å². The van der Waals surface area contributed by atoms with Crippen molar-refractivity contribution in [2.45, 2.75) is 119 Å². The minimum absolute atomic E-state index is 0.0180. The highest BCUT2D eigenvalue weighted by molar-refractivity contribution is 6.76. The maximum absolute atomic E-state index is 13.9. The largest absolute Gasteiger partial charge is 0.392 e. The van der Waals surface area contributed by atoms with Gasteiger partial charge in [-0.05, 0) is 80.2 Å². The van der Waals surface area contributed by atoms with Gasteiger partial charge in [-0.1, -0.05) is 127 Å². The van der Waals surface area contributed by atoms with Crippen LogP contribution in [0, 0.1) is 11.8 Å². The molecule has 3 aliphatic rings. The summed E-state index contributed by atoms with van der Waals surface area (Å²) in [7, 11) is 0. The summed E-state index contributed by atoms with van der Waals surface area (Å²) in [5.74, 6) is -0.0261. The molecule has 0 radical (unpaired) electrons. The maximum atomic E-state index is 13.9. The number of ether oxygens (including phenoxy) is 2. The number of benzene rings is 3. The molecule has 8 nitrogen and oxygen atoms in total. The van der Waals surface area contributed by atoms with Crippen LogP contribution < -0.4 is 10.6 Å². The van der Waals surface area contributed by atoms with Gasteiger partial charge in [-0.25, -0.2) is 0 Å². The third kappa shape index (κ3) is 9.77. The number of halogens is 3. The zero-order valence-corrected chi connectivity index (χ0v) is 33.3. The third-order valence-corrected chi connectivity index (χ3v) is 11.5. The fourth-order valence-corrected chi connectivity index (χ4v) is 8.52. The molecule has 1 aliphatic carbocycles. The van der Waals surface area contributed by atoms with Crippen LogP contribution in [0.15, 0.2) is 72.8 Å². The van der Waals surface area contributed by atoms with Crippen molar-refractivity contribution in [3.8, 4) is 11.1 Å². The number of alkyl halides is 3. The van der Waals surface area contributed by atoms with Crippen molar-refractivity contribution in [1.29, 1.82) is 0 Å². The number of rotatable bonds is 9. The molecule has 3 aromatic carbocycles. The summed E-state index contributed by atoms with van der Waals surface area (Å²) in [6.45, 7) is 9.09. The van der Waals surface area contributed by atoms with Gasteiger partial charge in [0.15, 0.2) is 6.29 Å². The fourth-order valence-electron chi connectivity index (χ4n) is 8.32. The Morgan fingerprint density at radius 1 is 0.868 bits per heavy atom. The van der Waals surface area contributed by atoms with Crippen LogP contribution in [0.2, 0.25) is 0 Å². The molecule has 2 aliphatic heterocycles. The summed E-state index contributed by atoms with van der Waals surface area (Å²) < 4.78 is 11.7. The van der Waals surface area contributed by atoms with E-state index in [0.29, 0.717) is 18.5 Å². The standard InChI is InChI=1S/C42H52Cl3N3O5/c1-26-36(24-48-34-12-8-6-9-29(34)21-22-35(48)38(50)47-41(2,3)4)52-39(53-37(26)30-15-13-27(25-49)14-16-30)31-19-17-28(18-20-31)33-11-7-5-10-32(33)23-46-40(51)42(43,44)45/h5,7,10-11,13-20,26,29,34-37,39,49H,6,8-9,12,21-25H2,1-4H3,(H,46,51)(H,47,50)/t26-,29-,34-,35-,36+,37+,39+/m1/s1. The van der Waals surface area contributed by atoms with E-state index in [2.05, 4.69) is 22.5 Å². The first kappa shape index (κ1) is 40.0. The smallest absolute Gasteiger partial charge is 0.272 e. The maximum Gasteiger partial charge on any atom is 0.272 e. The number of hydrogen-bond acceptors (Lipinski definition) is 6. The van der Waals surface area contributed by atoms with Crippen molar-refractivity contribution in [1.82, 2.24) is 15.5 Å². The van der Waals surface area contributed by atoms with Crippen molar-refractivity contribution in [2.24, 2.45) is 11.8 Å². The molecule has 286 valence electrons. The normalized spacial score (nSPS) is 26.8. The molecule has 3 aromatic rings. The number of carbonyl (C=O) groups excluding carboxylic acids is 2. The number of fused-ring (bicyclic) bond motifs is 1. The Hall–Kier alpha value is -2.69. The number of amides is 2. The number of carbonyl (C=O) groups is 2. The summed E-state index contributed by atoms with van der Waals surface area (Å²) in [6.07, 6.45) is 5.48. The average Bonchev–Trinajstić information content (AvgIpc) is 3.14. The molecule has 6 rings (SSSR count). The Labute approximate surface area is 328 Å². The van der Waals surface area contributed by atoms with E-state index in [1.54, 1.807) is 0 Å². The highest BCUT2D eigenvalue weighted by Crippen LogP contribution is 2.45. The molecule has 7 atom stereocenters. The highest BCUT2D eigenvalue weighted by Gasteiger charge is 2.46. The molecule has 3 N–H and O–H groups in total. The monoisotopic (exact) mass is 783 g/mol. The zero-order chi connectivity index (χ0) is 37.9. The van der Waals surface area contributed by atoms with Crippen molar-refractivity contribution in [2.75, 3.05) is 6.54 Å². The molecular weight excluding hydrogens is 733 g/mol. The van der Waals surface area contributed by atoms with E-state index in [1.165, 1.54) is 19.3 Å². The second kappa shape index (κ2) is 17.0. The van der Waals surface area contributed by atoms with Crippen LogP contribution in [0.1, 0.15) is 101 Å². The van der Waals surface area contributed by atoms with Gasteiger partial charge in [0.25, 0.3) is 9.70 Å². The van der Waals surface area contributed by atoms with E-state index < -0.39 is 16.0 Å². The summed E-state index contributed by atoms with van der Waals surface area (Å²) in [4.78, 5) is 28.6. The van der Waals surface area contributed by atoms with Crippen LogP contribution >= 0.6 is 34.8 Å². The summed E-state index contributed by atoms with van der Waals surface area (Å²) in [6, 6.07) is 23.9. The van der Waals surface area contributed by atoms with Crippen LogP contribution in [0.3, 0.4) is 0 Å². The predicted octanol–water partition coefficient (Wildman–Crippen LogP) is 8.56. The Morgan fingerprint density at radius 2 is 1.55 bits per heavy atom. The van der Waals surface area contributed by atoms with E-state index in [0.717, 1.165) is 52.6 Å². The van der Waals surface area contributed by atoms with Gasteiger partial charge < -0.3 is 25.2 Å². The van der Waals surface area contributed by atoms with Gasteiger partial charge in [0.1, 0.15) is 0 Å². The molecule has 1 saturated carbocycles. The van der Waals surface area contributed by atoms with Crippen molar-refractivity contribution < 1.29 is 24.2 Å². The fraction of sp³-hybridized carbons (Fsp3) is 0.524. The van der Waals surface area contributed by atoms with E-state index in [4.69, 9.17) is 44.3 Å². The first-order valence-electron chi connectivity index (χ1n) is 18.8. The zero-order valence-electron chi connectivity index (χ0n) is 31.0. The van der Waals surface area contributed by atoms with Crippen molar-refractivity contribution in [3.63, 3.8) is 0 Å². The SMILES string of the molecule is C[C@@H]1[C@H](CN2[C@@H](C(=O)NC(C)(C)C)CC[C@H]3CCCC[C@H]32)O[C@H](c2ccc(-c3ccccc3CNC(=O)C(Cl)(Cl)Cl)cc2)O[C@@H]1c1ccc(CO)cc1. The Bertz CT molecular complexity index is 1710. The first-order chi connectivity index (χ1) is 25.2. The van der Waals surface area contributed by atoms with E-state index in [9.17, 15) is 14.7 Å². The van der Waals surface area contributed by atoms with E-state index in [1.807, 2.05) is 93.6 Å². The first-order valence-corrected chi connectivity index (χ1v) is 20.0. The van der Waals surface area contributed by atoms with Gasteiger partial charge in [-0.2, -0.15) is 0 Å². The number of piperidine rings is 1. The molecule has 53 heavy (non-hydrogen) atoms. The second-order valence-corrected chi connectivity index (χ2v) is 18.2. The topological polar surface area (TPSA) is 100 Å². The van der Waals surface area contributed by atoms with E-state index >= 15 is 0 Å². The number of aliphatic hydroxyl groups is 1. The van der Waals surface area contributed by atoms with Crippen LogP contribution in [0.4, 0.5) is 0 Å². The molecule has 0 aromatic heterocycles. The molecule has 2 saturated heterocycles. The number of hydrogen-bond donors (Lipinski definition) is 3. The number of nitrogens with zero attached hydrogens (tertiary/aromatic N) is 1. The number of likely N-dealkylation sites (tertiary alicyclic amines) is 1. The minimum atomic E-state index is -2.05. The van der Waals surface area contributed by atoms with Crippen molar-refractivity contribution in [3.05, 3.63) is 95.1 Å². The Morgan fingerprint density at radius 3 is 2.23 bits per heavy atom. The van der Waals surface area contributed by atoms with Gasteiger partial charge in [-0.3, -0.25) is 14.5 Å². The van der Waals surface area contributed by atoms with Gasteiger partial charge in [-0.15, -0.1) is 0 Å². The van der Waals surface area contributed by atoms with Gasteiger partial charge in [0.05, 0.1) is 24.9 Å². The number of aliphatic hydroxyl groups excluding tert-OH is 1. The van der Waals surface area contributed by atoms with Gasteiger partial charge in [0.2, 0.25) is 5.91 Å². The summed E-state index contributed by atoms with van der Waals surface area (Å²) in [5.41, 5.74) is 5.18.